The van der Waals surface area contributed by atoms with E-state index in [0.717, 1.165) is 50.9 Å². The van der Waals surface area contributed by atoms with Crippen LogP contribution in [0.4, 0.5) is 0 Å². The van der Waals surface area contributed by atoms with E-state index < -0.39 is 0 Å². The molecule has 0 spiro atoms. The second-order valence-electron chi connectivity index (χ2n) is 12.9. The molecule has 0 aliphatic carbocycles. The lowest BCUT2D eigenvalue weighted by Gasteiger charge is -2.17. The molecule has 0 saturated carbocycles. The van der Waals surface area contributed by atoms with Gasteiger partial charge in [-0.15, -0.1) is 0 Å². The van der Waals surface area contributed by atoms with Crippen molar-refractivity contribution < 1.29 is 14.6 Å². The van der Waals surface area contributed by atoms with E-state index in [-0.39, 0.29) is 12.1 Å². The molecule has 0 aliphatic heterocycles. The van der Waals surface area contributed by atoms with Gasteiger partial charge in [-0.3, -0.25) is 4.79 Å². The number of carbonyl (C=O) groups is 1. The maximum Gasteiger partial charge on any atom is 0.305 e. The lowest BCUT2D eigenvalue weighted by atomic mass is 9.91. The normalized spacial score (nSPS) is 12.3. The minimum Gasteiger partial charge on any atom is -0.466 e. The van der Waals surface area contributed by atoms with Gasteiger partial charge < -0.3 is 9.84 Å². The highest BCUT2D eigenvalue weighted by Crippen LogP contribution is 2.23. The molecule has 240 valence electrons. The van der Waals surface area contributed by atoms with Gasteiger partial charge in [0.1, 0.15) is 0 Å². The molecular formula is C37H74O3. The zero-order valence-electron chi connectivity index (χ0n) is 27.8. The van der Waals surface area contributed by atoms with E-state index in [1.165, 1.54) is 141 Å². The van der Waals surface area contributed by atoms with Crippen LogP contribution in [0, 0.1) is 5.92 Å². The number of hydrogen-bond acceptors (Lipinski definition) is 3. The van der Waals surface area contributed by atoms with Crippen LogP contribution in [0.15, 0.2) is 0 Å². The van der Waals surface area contributed by atoms with Crippen LogP contribution in [-0.4, -0.2) is 23.8 Å². The van der Waals surface area contributed by atoms with Gasteiger partial charge in [0.05, 0.1) is 12.7 Å². The second-order valence-corrected chi connectivity index (χ2v) is 12.9. The Labute approximate surface area is 252 Å². The molecule has 3 nitrogen and oxygen atoms in total. The Bertz CT molecular complexity index is 472. The molecule has 0 rings (SSSR count). The molecular weight excluding hydrogens is 492 g/mol. The molecule has 3 heteroatoms. The van der Waals surface area contributed by atoms with Crippen LogP contribution in [0.1, 0.15) is 213 Å². The summed E-state index contributed by atoms with van der Waals surface area (Å²) in [6, 6.07) is 0. The molecule has 0 aromatic rings. The number of unbranched alkanes of at least 4 members (excludes halogenated alkanes) is 20. The van der Waals surface area contributed by atoms with E-state index >= 15 is 0 Å². The molecule has 40 heavy (non-hydrogen) atoms. The zero-order valence-corrected chi connectivity index (χ0v) is 27.8. The fourth-order valence-corrected chi connectivity index (χ4v) is 5.93. The first-order valence-electron chi connectivity index (χ1n) is 18.5. The van der Waals surface area contributed by atoms with E-state index in [0.29, 0.717) is 13.0 Å². The summed E-state index contributed by atoms with van der Waals surface area (Å²) in [5, 5.41) is 10.2. The van der Waals surface area contributed by atoms with Gasteiger partial charge in [0.15, 0.2) is 0 Å². The summed E-state index contributed by atoms with van der Waals surface area (Å²) in [5.74, 6) is 0.700. The first-order chi connectivity index (χ1) is 19.6. The summed E-state index contributed by atoms with van der Waals surface area (Å²) >= 11 is 0. The zero-order chi connectivity index (χ0) is 29.4. The highest BCUT2D eigenvalue weighted by atomic mass is 16.5. The number of esters is 1. The maximum atomic E-state index is 12.3. The predicted molar refractivity (Wildman–Crippen MR) is 176 cm³/mol. The maximum absolute atomic E-state index is 12.3. The van der Waals surface area contributed by atoms with Gasteiger partial charge in [0.25, 0.3) is 0 Å². The number of aliphatic hydroxyl groups excluding tert-OH is 1. The number of rotatable bonds is 33. The molecule has 0 heterocycles. The molecule has 0 fully saturated rings. The molecule has 1 unspecified atom stereocenters. The van der Waals surface area contributed by atoms with Crippen molar-refractivity contribution in [2.24, 2.45) is 5.92 Å². The topological polar surface area (TPSA) is 46.5 Å². The number of carbonyl (C=O) groups excluding carboxylic acids is 1. The first kappa shape index (κ1) is 39.4. The number of aliphatic hydroxyl groups is 1. The fraction of sp³-hybridized carbons (Fsp3) is 0.973. The van der Waals surface area contributed by atoms with Gasteiger partial charge >= 0.3 is 5.97 Å². The van der Waals surface area contributed by atoms with E-state index in [4.69, 9.17) is 4.74 Å². The van der Waals surface area contributed by atoms with Crippen molar-refractivity contribution in [3.05, 3.63) is 0 Å². The third-order valence-electron chi connectivity index (χ3n) is 8.78. The summed E-state index contributed by atoms with van der Waals surface area (Å²) in [4.78, 5) is 12.3. The molecule has 1 atom stereocenters. The number of ether oxygens (including phenoxy) is 1. The van der Waals surface area contributed by atoms with Gasteiger partial charge in [0.2, 0.25) is 0 Å². The first-order valence-corrected chi connectivity index (χ1v) is 18.5. The Morgan fingerprint density at radius 2 is 0.825 bits per heavy atom. The SMILES string of the molecule is CCCCCCCCCCC(CCCCCCCCCC)CCOC(=O)CCCCCC(O)CCCCCCC. The molecule has 0 bridgehead atoms. The van der Waals surface area contributed by atoms with Gasteiger partial charge in [-0.25, -0.2) is 0 Å². The third-order valence-corrected chi connectivity index (χ3v) is 8.78. The molecule has 0 aromatic heterocycles. The Balaban J connectivity index is 4.00. The summed E-state index contributed by atoms with van der Waals surface area (Å²) < 4.78 is 5.66. The number of hydrogen-bond donors (Lipinski definition) is 1. The quantitative estimate of drug-likeness (QED) is 0.0634. The standard InChI is InChI=1S/C37H74O3/c1-4-7-10-13-15-17-20-23-28-35(29-24-21-18-16-14-11-8-5-2)33-34-40-37(39)32-27-22-26-31-36(38)30-25-19-12-9-6-3/h35-36,38H,4-34H2,1-3H3. The van der Waals surface area contributed by atoms with Crippen LogP contribution < -0.4 is 0 Å². The Hall–Kier alpha value is -0.570. The van der Waals surface area contributed by atoms with Crippen molar-refractivity contribution in [3.63, 3.8) is 0 Å². The highest BCUT2D eigenvalue weighted by molar-refractivity contribution is 5.69. The van der Waals surface area contributed by atoms with Crippen LogP contribution in [0.5, 0.6) is 0 Å². The largest absolute Gasteiger partial charge is 0.466 e. The summed E-state index contributed by atoms with van der Waals surface area (Å²) in [7, 11) is 0. The Kier molecular flexibility index (Phi) is 32.5. The van der Waals surface area contributed by atoms with Crippen LogP contribution >= 0.6 is 0 Å². The fourth-order valence-electron chi connectivity index (χ4n) is 5.93. The third kappa shape index (κ3) is 30.4. The average Bonchev–Trinajstić information content (AvgIpc) is 2.95. The van der Waals surface area contributed by atoms with E-state index in [1.807, 2.05) is 0 Å². The smallest absolute Gasteiger partial charge is 0.305 e. The predicted octanol–water partition coefficient (Wildman–Crippen LogP) is 12.3. The second kappa shape index (κ2) is 32.9. The molecule has 0 saturated heterocycles. The van der Waals surface area contributed by atoms with Crippen LogP contribution in [-0.2, 0) is 9.53 Å². The average molecular weight is 567 g/mol. The molecule has 0 aliphatic rings. The van der Waals surface area contributed by atoms with Crippen LogP contribution in [0.3, 0.4) is 0 Å². The van der Waals surface area contributed by atoms with Crippen molar-refractivity contribution >= 4 is 5.97 Å². The summed E-state index contributed by atoms with van der Waals surface area (Å²) in [6.45, 7) is 7.41. The van der Waals surface area contributed by atoms with Crippen LogP contribution in [0.2, 0.25) is 0 Å². The molecule has 0 aromatic carbocycles. The minimum atomic E-state index is -0.160. The summed E-state index contributed by atoms with van der Waals surface area (Å²) in [6.07, 6.45) is 37.1. The van der Waals surface area contributed by atoms with Gasteiger partial charge in [-0.1, -0.05) is 181 Å². The highest BCUT2D eigenvalue weighted by Gasteiger charge is 2.11. The lowest BCUT2D eigenvalue weighted by molar-refractivity contribution is -0.144. The Morgan fingerprint density at radius 3 is 1.25 bits per heavy atom. The Morgan fingerprint density at radius 1 is 0.475 bits per heavy atom. The monoisotopic (exact) mass is 567 g/mol. The molecule has 1 N–H and O–H groups in total. The molecule has 0 radical (unpaired) electrons. The van der Waals surface area contributed by atoms with Crippen molar-refractivity contribution in [1.29, 1.82) is 0 Å². The van der Waals surface area contributed by atoms with Gasteiger partial charge in [-0.2, -0.15) is 0 Å². The van der Waals surface area contributed by atoms with Crippen molar-refractivity contribution in [3.8, 4) is 0 Å². The van der Waals surface area contributed by atoms with Crippen LogP contribution in [0.25, 0.3) is 0 Å². The van der Waals surface area contributed by atoms with E-state index in [2.05, 4.69) is 20.8 Å². The molecule has 0 amide bonds. The minimum absolute atomic E-state index is 0.0191. The van der Waals surface area contributed by atoms with Gasteiger partial charge in [0, 0.05) is 6.42 Å². The van der Waals surface area contributed by atoms with Crippen molar-refractivity contribution in [2.45, 2.75) is 219 Å². The lowest BCUT2D eigenvalue weighted by Crippen LogP contribution is -2.11. The van der Waals surface area contributed by atoms with Crippen molar-refractivity contribution in [2.75, 3.05) is 6.61 Å². The van der Waals surface area contributed by atoms with Gasteiger partial charge in [-0.05, 0) is 31.6 Å². The van der Waals surface area contributed by atoms with Crippen molar-refractivity contribution in [1.82, 2.24) is 0 Å². The summed E-state index contributed by atoms with van der Waals surface area (Å²) in [5.41, 5.74) is 0. The van der Waals surface area contributed by atoms with E-state index in [9.17, 15) is 9.90 Å². The van der Waals surface area contributed by atoms with E-state index in [1.54, 1.807) is 0 Å².